The lowest BCUT2D eigenvalue weighted by molar-refractivity contribution is -0.139. The van der Waals surface area contributed by atoms with Crippen LogP contribution in [0.4, 0.5) is 0 Å². The van der Waals surface area contributed by atoms with E-state index >= 15 is 0 Å². The van der Waals surface area contributed by atoms with Crippen LogP contribution in [0.15, 0.2) is 47.4 Å². The maximum Gasteiger partial charge on any atom is 0.321 e. The fourth-order valence-electron chi connectivity index (χ4n) is 3.12. The molecular formula is C17H17NO5S. The highest BCUT2D eigenvalue weighted by molar-refractivity contribution is 7.85. The second-order valence-corrected chi connectivity index (χ2v) is 7.30. The maximum atomic E-state index is 11.7. The first-order valence-electron chi connectivity index (χ1n) is 7.42. The van der Waals surface area contributed by atoms with Crippen LogP contribution in [0.1, 0.15) is 28.3 Å². The first kappa shape index (κ1) is 16.6. The van der Waals surface area contributed by atoms with Crippen molar-refractivity contribution in [3.05, 3.63) is 64.7 Å². The average molecular weight is 347 g/mol. The highest BCUT2D eigenvalue weighted by atomic mass is 32.2. The van der Waals surface area contributed by atoms with Crippen molar-refractivity contribution in [3.63, 3.8) is 0 Å². The second kappa shape index (κ2) is 6.01. The van der Waals surface area contributed by atoms with Crippen molar-refractivity contribution in [2.24, 2.45) is 0 Å². The molecule has 3 rings (SSSR count). The maximum absolute atomic E-state index is 11.7. The summed E-state index contributed by atoms with van der Waals surface area (Å²) in [5, 5.41) is 12.4. The summed E-state index contributed by atoms with van der Waals surface area (Å²) in [5.74, 6) is -1.00. The quantitative estimate of drug-likeness (QED) is 0.733. The molecule has 1 aliphatic rings. The van der Waals surface area contributed by atoms with Gasteiger partial charge in [-0.1, -0.05) is 42.0 Å². The summed E-state index contributed by atoms with van der Waals surface area (Å²) in [4.78, 5) is 11.2. The fourth-order valence-corrected chi connectivity index (χ4v) is 3.83. The number of carboxylic acid groups (broad SMARTS) is 1. The molecule has 2 aromatic carbocycles. The number of rotatable bonds is 3. The summed E-state index contributed by atoms with van der Waals surface area (Å²) in [6, 6.07) is 10.4. The Morgan fingerprint density at radius 3 is 2.54 bits per heavy atom. The van der Waals surface area contributed by atoms with Crippen molar-refractivity contribution in [2.75, 3.05) is 0 Å². The van der Waals surface area contributed by atoms with Crippen LogP contribution in [0, 0.1) is 6.92 Å². The smallest absolute Gasteiger partial charge is 0.321 e. The Kier molecular flexibility index (Phi) is 4.16. The van der Waals surface area contributed by atoms with Crippen molar-refractivity contribution in [1.82, 2.24) is 5.32 Å². The fraction of sp³-hybridized carbons (Fsp3) is 0.235. The molecule has 6 nitrogen and oxygen atoms in total. The minimum atomic E-state index is -4.43. The summed E-state index contributed by atoms with van der Waals surface area (Å²) in [6.45, 7) is 1.81. The summed E-state index contributed by atoms with van der Waals surface area (Å²) >= 11 is 0. The number of aryl methyl sites for hydroxylation is 1. The van der Waals surface area contributed by atoms with Gasteiger partial charge in [0.15, 0.2) is 0 Å². The molecule has 24 heavy (non-hydrogen) atoms. The molecule has 0 fully saturated rings. The summed E-state index contributed by atoms with van der Waals surface area (Å²) in [5.41, 5.74) is 2.81. The minimum Gasteiger partial charge on any atom is -0.480 e. The molecule has 7 heteroatoms. The molecule has 0 saturated carbocycles. The van der Waals surface area contributed by atoms with Gasteiger partial charge in [-0.2, -0.15) is 8.42 Å². The average Bonchev–Trinajstić information content (AvgIpc) is 2.52. The van der Waals surface area contributed by atoms with E-state index in [9.17, 15) is 22.9 Å². The highest BCUT2D eigenvalue weighted by Gasteiger charge is 2.33. The zero-order valence-corrected chi connectivity index (χ0v) is 13.7. The molecule has 0 amide bonds. The molecule has 126 valence electrons. The molecule has 0 spiro atoms. The SMILES string of the molecule is Cc1ccc(S(=O)(=O)O)c(C2NC(C(=O)O)Cc3ccccc32)c1. The van der Waals surface area contributed by atoms with Gasteiger partial charge in [0.25, 0.3) is 10.1 Å². The second-order valence-electron chi connectivity index (χ2n) is 5.91. The van der Waals surface area contributed by atoms with Crippen LogP contribution in [0.2, 0.25) is 0 Å². The van der Waals surface area contributed by atoms with E-state index in [-0.39, 0.29) is 4.90 Å². The third kappa shape index (κ3) is 3.06. The van der Waals surface area contributed by atoms with Gasteiger partial charge in [0, 0.05) is 0 Å². The molecule has 0 radical (unpaired) electrons. The highest BCUT2D eigenvalue weighted by Crippen LogP contribution is 2.34. The Morgan fingerprint density at radius 2 is 1.88 bits per heavy atom. The van der Waals surface area contributed by atoms with Crippen molar-refractivity contribution < 1.29 is 22.9 Å². The van der Waals surface area contributed by atoms with E-state index in [1.54, 1.807) is 19.1 Å². The molecule has 0 aromatic heterocycles. The molecule has 2 aromatic rings. The van der Waals surface area contributed by atoms with Crippen molar-refractivity contribution in [2.45, 2.75) is 30.3 Å². The zero-order chi connectivity index (χ0) is 17.5. The Labute approximate surface area is 139 Å². The van der Waals surface area contributed by atoms with Crippen molar-refractivity contribution in [3.8, 4) is 0 Å². The minimum absolute atomic E-state index is 0.216. The number of hydrogen-bond acceptors (Lipinski definition) is 4. The number of hydrogen-bond donors (Lipinski definition) is 3. The van der Waals surface area contributed by atoms with Gasteiger partial charge in [0.1, 0.15) is 6.04 Å². The van der Waals surface area contributed by atoms with Crippen LogP contribution < -0.4 is 5.32 Å². The van der Waals surface area contributed by atoms with Gasteiger partial charge in [0.05, 0.1) is 10.9 Å². The van der Waals surface area contributed by atoms with Crippen molar-refractivity contribution >= 4 is 16.1 Å². The molecule has 2 unspecified atom stereocenters. The Hall–Kier alpha value is -2.22. The van der Waals surface area contributed by atoms with Gasteiger partial charge in [-0.3, -0.25) is 14.7 Å². The summed E-state index contributed by atoms with van der Waals surface area (Å²) < 4.78 is 33.0. The van der Waals surface area contributed by atoms with E-state index < -0.39 is 28.2 Å². The van der Waals surface area contributed by atoms with Crippen LogP contribution in [0.3, 0.4) is 0 Å². The third-order valence-corrected chi connectivity index (χ3v) is 5.14. The van der Waals surface area contributed by atoms with E-state index in [0.29, 0.717) is 12.0 Å². The lowest BCUT2D eigenvalue weighted by atomic mass is 9.86. The lowest BCUT2D eigenvalue weighted by Crippen LogP contribution is -2.45. The van der Waals surface area contributed by atoms with Crippen LogP contribution in [0.5, 0.6) is 0 Å². The predicted octanol–water partition coefficient (Wildman–Crippen LogP) is 1.93. The van der Waals surface area contributed by atoms with Gasteiger partial charge in [-0.05, 0) is 36.1 Å². The third-order valence-electron chi connectivity index (χ3n) is 4.21. The number of benzene rings is 2. The molecule has 0 saturated heterocycles. The van der Waals surface area contributed by atoms with E-state index in [0.717, 1.165) is 16.7 Å². The standard InChI is InChI=1S/C17H17NO5S/c1-10-6-7-15(24(21,22)23)13(8-10)16-12-5-3-2-4-11(12)9-14(18-16)17(19)20/h2-8,14,16,18H,9H2,1H3,(H,19,20)(H,21,22,23). The molecule has 0 bridgehead atoms. The first-order chi connectivity index (χ1) is 11.3. The number of nitrogens with one attached hydrogen (secondary N) is 1. The van der Waals surface area contributed by atoms with Crippen LogP contribution in [0.25, 0.3) is 0 Å². The number of carbonyl (C=O) groups is 1. The zero-order valence-electron chi connectivity index (χ0n) is 12.9. The normalized spacial score (nSPS) is 20.4. The number of carboxylic acids is 1. The molecular weight excluding hydrogens is 330 g/mol. The van der Waals surface area contributed by atoms with Crippen LogP contribution >= 0.6 is 0 Å². The van der Waals surface area contributed by atoms with Gasteiger partial charge < -0.3 is 5.11 Å². The molecule has 3 N–H and O–H groups in total. The topological polar surface area (TPSA) is 104 Å². The van der Waals surface area contributed by atoms with Gasteiger partial charge >= 0.3 is 5.97 Å². The molecule has 2 atom stereocenters. The Morgan fingerprint density at radius 1 is 1.17 bits per heavy atom. The monoisotopic (exact) mass is 347 g/mol. The molecule has 1 heterocycles. The van der Waals surface area contributed by atoms with Crippen molar-refractivity contribution in [1.29, 1.82) is 0 Å². The van der Waals surface area contributed by atoms with Gasteiger partial charge in [-0.25, -0.2) is 0 Å². The molecule has 1 aliphatic heterocycles. The number of fused-ring (bicyclic) bond motifs is 1. The van der Waals surface area contributed by atoms with E-state index in [2.05, 4.69) is 5.32 Å². The largest absolute Gasteiger partial charge is 0.480 e. The van der Waals surface area contributed by atoms with Crippen LogP contribution in [-0.4, -0.2) is 30.1 Å². The summed E-state index contributed by atoms with van der Waals surface area (Å²) in [7, 11) is -4.43. The lowest BCUT2D eigenvalue weighted by Gasteiger charge is -2.32. The van der Waals surface area contributed by atoms with Crippen LogP contribution in [-0.2, 0) is 21.3 Å². The molecule has 0 aliphatic carbocycles. The number of aliphatic carboxylic acids is 1. The predicted molar refractivity (Wildman–Crippen MR) is 87.5 cm³/mol. The van der Waals surface area contributed by atoms with E-state index in [1.807, 2.05) is 24.3 Å². The Balaban J connectivity index is 2.22. The summed E-state index contributed by atoms with van der Waals surface area (Å²) in [6.07, 6.45) is 0.315. The van der Waals surface area contributed by atoms with E-state index in [1.165, 1.54) is 6.07 Å². The first-order valence-corrected chi connectivity index (χ1v) is 8.86. The van der Waals surface area contributed by atoms with E-state index in [4.69, 9.17) is 0 Å². The Bertz CT molecular complexity index is 907. The van der Waals surface area contributed by atoms with Gasteiger partial charge in [0.2, 0.25) is 0 Å². The van der Waals surface area contributed by atoms with Gasteiger partial charge in [-0.15, -0.1) is 0 Å².